The third-order valence-corrected chi connectivity index (χ3v) is 9.07. The normalized spacial score (nSPS) is 12.2. The van der Waals surface area contributed by atoms with E-state index in [1.807, 2.05) is 0 Å². The fourth-order valence-corrected chi connectivity index (χ4v) is 6.13. The predicted molar refractivity (Wildman–Crippen MR) is 179 cm³/mol. The van der Waals surface area contributed by atoms with Gasteiger partial charge in [-0.25, -0.2) is 0 Å². The second-order valence-electron chi connectivity index (χ2n) is 12.8. The summed E-state index contributed by atoms with van der Waals surface area (Å²) in [7, 11) is 0. The van der Waals surface area contributed by atoms with E-state index in [2.05, 4.69) is 13.8 Å². The Morgan fingerprint density at radius 1 is 0.425 bits per heavy atom. The molecule has 40 heavy (non-hydrogen) atoms. The van der Waals surface area contributed by atoms with Gasteiger partial charge < -0.3 is 0 Å². The first-order valence-electron chi connectivity index (χ1n) is 18.3. The Kier molecular flexibility index (Phi) is 32.8. The molecule has 0 aromatic heterocycles. The number of ketones is 2. The zero-order chi connectivity index (χ0) is 29.4. The third kappa shape index (κ3) is 29.1. The summed E-state index contributed by atoms with van der Waals surface area (Å²) in [6.45, 7) is 4.55. The Morgan fingerprint density at radius 2 is 0.700 bits per heavy atom. The van der Waals surface area contributed by atoms with Crippen LogP contribution in [-0.4, -0.2) is 17.4 Å². The average molecular weight is 583 g/mol. The minimum atomic E-state index is -0.261. The number of carbonyl (C=O) groups excluding carboxylic acids is 2. The van der Waals surface area contributed by atoms with Crippen molar-refractivity contribution < 1.29 is 9.59 Å². The van der Waals surface area contributed by atoms with Gasteiger partial charge >= 0.3 is 0 Å². The molecule has 0 aromatic carbocycles. The second-order valence-corrected chi connectivity index (χ2v) is 13.1. The molecule has 0 bridgehead atoms. The van der Waals surface area contributed by atoms with E-state index in [9.17, 15) is 9.59 Å². The number of carbonyl (C=O) groups is 2. The van der Waals surface area contributed by atoms with Gasteiger partial charge in [-0.05, 0) is 12.8 Å². The summed E-state index contributed by atoms with van der Waals surface area (Å²) in [6.07, 6.45) is 38.6. The maximum absolute atomic E-state index is 12.6. The van der Waals surface area contributed by atoms with Crippen LogP contribution in [0.5, 0.6) is 0 Å². The Hall–Kier alpha value is -0.370. The lowest BCUT2D eigenvalue weighted by Crippen LogP contribution is -2.20. The van der Waals surface area contributed by atoms with Gasteiger partial charge in [0.05, 0.1) is 0 Å². The summed E-state index contributed by atoms with van der Waals surface area (Å²) < 4.78 is 0. The molecule has 0 saturated heterocycles. The van der Waals surface area contributed by atoms with E-state index in [4.69, 9.17) is 11.6 Å². The molecule has 0 fully saturated rings. The van der Waals surface area contributed by atoms with Crippen LogP contribution in [0.25, 0.3) is 0 Å². The number of halogens is 1. The van der Waals surface area contributed by atoms with Crippen LogP contribution >= 0.6 is 11.6 Å². The van der Waals surface area contributed by atoms with Crippen molar-refractivity contribution in [1.82, 2.24) is 0 Å². The lowest BCUT2D eigenvalue weighted by Gasteiger charge is -2.12. The SMILES string of the molecule is CCCCCCCCCCCCCCCCCC(=O)C(CCl)CC(=O)CCCCCCCCCCCCCCC. The van der Waals surface area contributed by atoms with Gasteiger partial charge in [-0.15, -0.1) is 11.6 Å². The molecule has 3 heteroatoms. The van der Waals surface area contributed by atoms with Gasteiger partial charge in [0.25, 0.3) is 0 Å². The van der Waals surface area contributed by atoms with Crippen LogP contribution in [0.4, 0.5) is 0 Å². The molecular formula is C37H71ClO2. The van der Waals surface area contributed by atoms with Crippen LogP contribution < -0.4 is 0 Å². The number of unbranched alkanes of at least 4 members (excludes halogenated alkanes) is 26. The van der Waals surface area contributed by atoms with Gasteiger partial charge in [0, 0.05) is 31.1 Å². The summed E-state index contributed by atoms with van der Waals surface area (Å²) in [4.78, 5) is 25.0. The first-order valence-corrected chi connectivity index (χ1v) is 18.8. The quantitative estimate of drug-likeness (QED) is 0.0558. The summed E-state index contributed by atoms with van der Waals surface area (Å²) >= 11 is 6.09. The van der Waals surface area contributed by atoms with Gasteiger partial charge in [0.15, 0.2) is 0 Å². The molecule has 0 aliphatic carbocycles. The summed E-state index contributed by atoms with van der Waals surface area (Å²) in [6, 6.07) is 0. The van der Waals surface area contributed by atoms with Gasteiger partial charge in [0.1, 0.15) is 11.6 Å². The van der Waals surface area contributed by atoms with Crippen molar-refractivity contribution in [3.63, 3.8) is 0 Å². The predicted octanol–water partition coefficient (Wildman–Crippen LogP) is 13.1. The van der Waals surface area contributed by atoms with E-state index in [-0.39, 0.29) is 17.5 Å². The standard InChI is InChI=1S/C37H71ClO2/c1-3-5-7-9-11-13-15-17-18-20-22-24-26-28-30-32-37(40)35(34-38)33-36(39)31-29-27-25-23-21-19-16-14-12-10-8-6-4-2/h35H,3-34H2,1-2H3. The van der Waals surface area contributed by atoms with Crippen LogP contribution in [-0.2, 0) is 9.59 Å². The zero-order valence-electron chi connectivity index (χ0n) is 27.4. The highest BCUT2D eigenvalue weighted by Crippen LogP contribution is 2.18. The lowest BCUT2D eigenvalue weighted by molar-refractivity contribution is -0.127. The average Bonchev–Trinajstić information content (AvgIpc) is 2.96. The van der Waals surface area contributed by atoms with Gasteiger partial charge in [0.2, 0.25) is 0 Å². The summed E-state index contributed by atoms with van der Waals surface area (Å²) in [5.41, 5.74) is 0. The molecule has 0 spiro atoms. The maximum Gasteiger partial charge on any atom is 0.137 e. The van der Waals surface area contributed by atoms with Crippen molar-refractivity contribution in [2.45, 2.75) is 213 Å². The van der Waals surface area contributed by atoms with Crippen molar-refractivity contribution in [2.75, 3.05) is 5.88 Å². The van der Waals surface area contributed by atoms with E-state index in [1.165, 1.54) is 154 Å². The molecule has 0 rings (SSSR count). The van der Waals surface area contributed by atoms with Crippen molar-refractivity contribution in [2.24, 2.45) is 5.92 Å². The lowest BCUT2D eigenvalue weighted by atomic mass is 9.93. The van der Waals surface area contributed by atoms with E-state index in [1.54, 1.807) is 0 Å². The number of rotatable bonds is 34. The molecule has 0 aliphatic rings. The molecule has 238 valence electrons. The Bertz CT molecular complexity index is 532. The molecule has 0 heterocycles. The van der Waals surface area contributed by atoms with Crippen LogP contribution in [0.2, 0.25) is 0 Å². The van der Waals surface area contributed by atoms with Crippen molar-refractivity contribution in [3.8, 4) is 0 Å². The molecule has 0 amide bonds. The van der Waals surface area contributed by atoms with Crippen molar-refractivity contribution >= 4 is 23.2 Å². The van der Waals surface area contributed by atoms with Crippen LogP contribution in [0, 0.1) is 5.92 Å². The Labute approximate surface area is 257 Å². The molecular weight excluding hydrogens is 512 g/mol. The fourth-order valence-electron chi connectivity index (χ4n) is 5.85. The molecule has 0 aliphatic heterocycles. The zero-order valence-corrected chi connectivity index (χ0v) is 28.2. The second kappa shape index (κ2) is 33.1. The van der Waals surface area contributed by atoms with E-state index < -0.39 is 0 Å². The number of hydrogen-bond donors (Lipinski definition) is 0. The fraction of sp³-hybridized carbons (Fsp3) is 0.946. The summed E-state index contributed by atoms with van der Waals surface area (Å²) in [5, 5.41) is 0. The molecule has 1 atom stereocenters. The first kappa shape index (κ1) is 39.6. The summed E-state index contributed by atoms with van der Waals surface area (Å²) in [5.74, 6) is 0.479. The number of hydrogen-bond acceptors (Lipinski definition) is 2. The minimum Gasteiger partial charge on any atom is -0.300 e. The third-order valence-electron chi connectivity index (χ3n) is 8.70. The highest BCUT2D eigenvalue weighted by Gasteiger charge is 2.20. The smallest absolute Gasteiger partial charge is 0.137 e. The Morgan fingerprint density at radius 3 is 1.00 bits per heavy atom. The highest BCUT2D eigenvalue weighted by molar-refractivity contribution is 6.19. The molecule has 0 aromatic rings. The number of alkyl halides is 1. The molecule has 0 radical (unpaired) electrons. The van der Waals surface area contributed by atoms with Crippen LogP contribution in [0.1, 0.15) is 213 Å². The monoisotopic (exact) mass is 583 g/mol. The molecule has 2 nitrogen and oxygen atoms in total. The molecule has 0 saturated carbocycles. The topological polar surface area (TPSA) is 34.1 Å². The highest BCUT2D eigenvalue weighted by atomic mass is 35.5. The Balaban J connectivity index is 3.53. The largest absolute Gasteiger partial charge is 0.300 e. The first-order chi connectivity index (χ1) is 19.7. The van der Waals surface area contributed by atoms with Crippen molar-refractivity contribution in [3.05, 3.63) is 0 Å². The minimum absolute atomic E-state index is 0.211. The molecule has 0 N–H and O–H groups in total. The van der Waals surface area contributed by atoms with E-state index in [0.717, 1.165) is 25.7 Å². The van der Waals surface area contributed by atoms with Gasteiger partial charge in [-0.3, -0.25) is 9.59 Å². The van der Waals surface area contributed by atoms with Gasteiger partial charge in [-0.2, -0.15) is 0 Å². The van der Waals surface area contributed by atoms with E-state index >= 15 is 0 Å². The molecule has 1 unspecified atom stereocenters. The van der Waals surface area contributed by atoms with Gasteiger partial charge in [-0.1, -0.05) is 181 Å². The van der Waals surface area contributed by atoms with Crippen LogP contribution in [0.15, 0.2) is 0 Å². The van der Waals surface area contributed by atoms with Crippen LogP contribution in [0.3, 0.4) is 0 Å². The van der Waals surface area contributed by atoms with Crippen molar-refractivity contribution in [1.29, 1.82) is 0 Å². The number of Topliss-reactive ketones (excluding diaryl/α,β-unsaturated/α-hetero) is 2. The van der Waals surface area contributed by atoms with E-state index in [0.29, 0.717) is 25.1 Å². The maximum atomic E-state index is 12.6.